The van der Waals surface area contributed by atoms with Gasteiger partial charge < -0.3 is 9.63 Å². The summed E-state index contributed by atoms with van der Waals surface area (Å²) in [5.74, 6) is -0.772. The van der Waals surface area contributed by atoms with Gasteiger partial charge in [-0.1, -0.05) is 21.1 Å². The van der Waals surface area contributed by atoms with E-state index in [9.17, 15) is 4.79 Å². The molecule has 0 aliphatic rings. The molecule has 4 nitrogen and oxygen atoms in total. The van der Waals surface area contributed by atoms with Crippen LogP contribution in [0.2, 0.25) is 0 Å². The maximum Gasteiger partial charge on any atom is 0.341 e. The molecule has 1 heterocycles. The summed E-state index contributed by atoms with van der Waals surface area (Å²) in [6.45, 7) is 1.92. The second-order valence-corrected chi connectivity index (χ2v) is 4.31. The van der Waals surface area contributed by atoms with Gasteiger partial charge in [0.05, 0.1) is 6.20 Å². The van der Waals surface area contributed by atoms with Crippen LogP contribution in [0.5, 0.6) is 0 Å². The van der Waals surface area contributed by atoms with Crippen LogP contribution < -0.4 is 0 Å². The molecule has 0 unspecified atom stereocenters. The third-order valence-corrected chi connectivity index (χ3v) is 2.56. The standard InChI is InChI=1S/C11H8BrNO3/c1-6-2-7(4-8(12)3-6)10-9(11(14)15)5-13-16-10/h2-5H,1H3,(H,14,15). The molecule has 0 saturated carbocycles. The average Bonchev–Trinajstić information content (AvgIpc) is 2.63. The number of rotatable bonds is 2. The SMILES string of the molecule is Cc1cc(Br)cc(-c2oncc2C(=O)O)c1. The molecule has 0 radical (unpaired) electrons. The minimum Gasteiger partial charge on any atom is -0.477 e. The fraction of sp³-hybridized carbons (Fsp3) is 0.0909. The Hall–Kier alpha value is -1.62. The zero-order valence-electron chi connectivity index (χ0n) is 8.40. The molecule has 2 aromatic rings. The van der Waals surface area contributed by atoms with Crippen molar-refractivity contribution in [2.75, 3.05) is 0 Å². The number of carbonyl (C=O) groups is 1. The molecule has 0 aliphatic carbocycles. The number of benzene rings is 1. The maximum absolute atomic E-state index is 10.9. The zero-order valence-corrected chi connectivity index (χ0v) is 9.98. The minimum absolute atomic E-state index is 0.0671. The molecule has 1 aromatic heterocycles. The van der Waals surface area contributed by atoms with E-state index in [1.54, 1.807) is 6.07 Å². The molecule has 1 N–H and O–H groups in total. The summed E-state index contributed by atoms with van der Waals surface area (Å²) in [5, 5.41) is 12.5. The summed E-state index contributed by atoms with van der Waals surface area (Å²) in [7, 11) is 0. The molecule has 0 amide bonds. The molecule has 5 heteroatoms. The topological polar surface area (TPSA) is 63.3 Å². The van der Waals surface area contributed by atoms with Gasteiger partial charge in [0.25, 0.3) is 0 Å². The quantitative estimate of drug-likeness (QED) is 0.919. The predicted molar refractivity (Wildman–Crippen MR) is 61.3 cm³/mol. The van der Waals surface area contributed by atoms with E-state index in [1.165, 1.54) is 6.20 Å². The Labute approximate surface area is 100 Å². The van der Waals surface area contributed by atoms with Gasteiger partial charge in [-0.2, -0.15) is 0 Å². The van der Waals surface area contributed by atoms with Crippen molar-refractivity contribution < 1.29 is 14.4 Å². The molecular weight excluding hydrogens is 274 g/mol. The summed E-state index contributed by atoms with van der Waals surface area (Å²) in [6, 6.07) is 5.57. The van der Waals surface area contributed by atoms with Gasteiger partial charge in [-0.3, -0.25) is 0 Å². The minimum atomic E-state index is -1.05. The third kappa shape index (κ3) is 1.99. The summed E-state index contributed by atoms with van der Waals surface area (Å²) >= 11 is 3.35. The van der Waals surface area contributed by atoms with Crippen LogP contribution in [0.15, 0.2) is 33.4 Å². The van der Waals surface area contributed by atoms with Gasteiger partial charge >= 0.3 is 5.97 Å². The van der Waals surface area contributed by atoms with Crippen LogP contribution in [0, 0.1) is 6.92 Å². The van der Waals surface area contributed by atoms with Gasteiger partial charge in [-0.15, -0.1) is 0 Å². The van der Waals surface area contributed by atoms with E-state index in [0.717, 1.165) is 10.0 Å². The Balaban J connectivity index is 2.58. The van der Waals surface area contributed by atoms with Crippen molar-refractivity contribution in [1.82, 2.24) is 5.16 Å². The van der Waals surface area contributed by atoms with Crippen LogP contribution in [0.3, 0.4) is 0 Å². The van der Waals surface area contributed by atoms with Gasteiger partial charge in [0.2, 0.25) is 0 Å². The monoisotopic (exact) mass is 281 g/mol. The van der Waals surface area contributed by atoms with Crippen LogP contribution in [-0.4, -0.2) is 16.2 Å². The Morgan fingerprint density at radius 2 is 2.19 bits per heavy atom. The number of halogens is 1. The fourth-order valence-corrected chi connectivity index (χ4v) is 2.08. The summed E-state index contributed by atoms with van der Waals surface area (Å²) < 4.78 is 5.84. The molecule has 0 saturated heterocycles. The van der Waals surface area contributed by atoms with Crippen molar-refractivity contribution in [3.63, 3.8) is 0 Å². The van der Waals surface area contributed by atoms with Gasteiger partial charge in [-0.05, 0) is 30.7 Å². The molecular formula is C11H8BrNO3. The van der Waals surface area contributed by atoms with E-state index in [0.29, 0.717) is 5.56 Å². The molecule has 2 rings (SSSR count). The van der Waals surface area contributed by atoms with Gasteiger partial charge in [0.1, 0.15) is 5.56 Å². The highest BCUT2D eigenvalue weighted by atomic mass is 79.9. The van der Waals surface area contributed by atoms with E-state index < -0.39 is 5.97 Å². The van der Waals surface area contributed by atoms with E-state index in [1.807, 2.05) is 19.1 Å². The molecule has 0 fully saturated rings. The number of hydrogen-bond acceptors (Lipinski definition) is 3. The first kappa shape index (κ1) is 10.9. The average molecular weight is 282 g/mol. The van der Waals surface area contributed by atoms with Gasteiger partial charge in [0, 0.05) is 10.0 Å². The van der Waals surface area contributed by atoms with E-state index in [4.69, 9.17) is 9.63 Å². The lowest BCUT2D eigenvalue weighted by molar-refractivity contribution is 0.0697. The lowest BCUT2D eigenvalue weighted by Gasteiger charge is -2.01. The molecule has 0 atom stereocenters. The number of aromatic carboxylic acids is 1. The molecule has 0 bridgehead atoms. The Bertz CT molecular complexity index is 528. The van der Waals surface area contributed by atoms with Crippen LogP contribution in [-0.2, 0) is 0 Å². The van der Waals surface area contributed by atoms with E-state index >= 15 is 0 Å². The summed E-state index contributed by atoms with van der Waals surface area (Å²) in [4.78, 5) is 10.9. The van der Waals surface area contributed by atoms with Crippen LogP contribution in [0.25, 0.3) is 11.3 Å². The fourth-order valence-electron chi connectivity index (χ4n) is 1.47. The van der Waals surface area contributed by atoms with Crippen molar-refractivity contribution in [1.29, 1.82) is 0 Å². The molecule has 0 spiro atoms. The summed E-state index contributed by atoms with van der Waals surface area (Å²) in [6.07, 6.45) is 1.20. The number of carboxylic acid groups (broad SMARTS) is 1. The maximum atomic E-state index is 10.9. The first-order chi connectivity index (χ1) is 7.58. The lowest BCUT2D eigenvalue weighted by Crippen LogP contribution is -1.96. The van der Waals surface area contributed by atoms with Gasteiger partial charge in [0.15, 0.2) is 5.76 Å². The van der Waals surface area contributed by atoms with E-state index in [-0.39, 0.29) is 11.3 Å². The molecule has 82 valence electrons. The highest BCUT2D eigenvalue weighted by Gasteiger charge is 2.17. The Morgan fingerprint density at radius 3 is 2.81 bits per heavy atom. The van der Waals surface area contributed by atoms with Crippen LogP contribution in [0.4, 0.5) is 0 Å². The van der Waals surface area contributed by atoms with Crippen molar-refractivity contribution in [3.8, 4) is 11.3 Å². The molecule has 0 aliphatic heterocycles. The lowest BCUT2D eigenvalue weighted by atomic mass is 10.1. The van der Waals surface area contributed by atoms with Crippen LogP contribution in [0.1, 0.15) is 15.9 Å². The highest BCUT2D eigenvalue weighted by molar-refractivity contribution is 9.10. The second kappa shape index (κ2) is 4.09. The van der Waals surface area contributed by atoms with Crippen molar-refractivity contribution >= 4 is 21.9 Å². The number of carboxylic acids is 1. The third-order valence-electron chi connectivity index (χ3n) is 2.11. The molecule has 1 aromatic carbocycles. The normalized spacial score (nSPS) is 10.4. The first-order valence-corrected chi connectivity index (χ1v) is 5.33. The number of hydrogen-bond donors (Lipinski definition) is 1. The highest BCUT2D eigenvalue weighted by Crippen LogP contribution is 2.27. The van der Waals surface area contributed by atoms with Gasteiger partial charge in [-0.25, -0.2) is 4.79 Å². The summed E-state index contributed by atoms with van der Waals surface area (Å²) in [5.41, 5.74) is 1.77. The van der Waals surface area contributed by atoms with Crippen LogP contribution >= 0.6 is 15.9 Å². The van der Waals surface area contributed by atoms with Crippen molar-refractivity contribution in [3.05, 3.63) is 40.0 Å². The number of nitrogens with zero attached hydrogens (tertiary/aromatic N) is 1. The smallest absolute Gasteiger partial charge is 0.341 e. The first-order valence-electron chi connectivity index (χ1n) is 4.53. The Morgan fingerprint density at radius 1 is 1.44 bits per heavy atom. The second-order valence-electron chi connectivity index (χ2n) is 3.39. The largest absolute Gasteiger partial charge is 0.477 e. The Kier molecular flexibility index (Phi) is 2.78. The number of aryl methyl sites for hydroxylation is 1. The molecule has 16 heavy (non-hydrogen) atoms. The predicted octanol–water partition coefficient (Wildman–Crippen LogP) is 3.11. The van der Waals surface area contributed by atoms with Crippen molar-refractivity contribution in [2.24, 2.45) is 0 Å². The zero-order chi connectivity index (χ0) is 11.7. The number of aromatic nitrogens is 1. The van der Waals surface area contributed by atoms with E-state index in [2.05, 4.69) is 21.1 Å². The van der Waals surface area contributed by atoms with Crippen molar-refractivity contribution in [2.45, 2.75) is 6.92 Å².